The summed E-state index contributed by atoms with van der Waals surface area (Å²) in [5.74, 6) is 0.402. The van der Waals surface area contributed by atoms with Crippen LogP contribution >= 0.6 is 27.5 Å². The summed E-state index contributed by atoms with van der Waals surface area (Å²) in [6.07, 6.45) is 0. The predicted octanol–water partition coefficient (Wildman–Crippen LogP) is 4.71. The molecule has 0 aromatic heterocycles. The van der Waals surface area contributed by atoms with E-state index in [1.54, 1.807) is 19.2 Å². The molecule has 2 aromatic carbocycles. The van der Waals surface area contributed by atoms with Crippen LogP contribution in [0.5, 0.6) is 5.75 Å². The van der Waals surface area contributed by atoms with Crippen molar-refractivity contribution in [3.63, 3.8) is 0 Å². The first-order chi connectivity index (χ1) is 11.4. The molecule has 6 heteroatoms. The van der Waals surface area contributed by atoms with Gasteiger partial charge in [0.25, 0.3) is 0 Å². The second-order valence-corrected chi connectivity index (χ2v) is 6.83. The third-order valence-electron chi connectivity index (χ3n) is 3.69. The van der Waals surface area contributed by atoms with Crippen molar-refractivity contribution >= 4 is 39.1 Å². The monoisotopic (exact) mass is 410 g/mol. The van der Waals surface area contributed by atoms with Crippen LogP contribution in [0.4, 0.5) is 5.69 Å². The topological polar surface area (TPSA) is 50.4 Å². The number of anilines is 1. The van der Waals surface area contributed by atoms with Crippen LogP contribution in [0.2, 0.25) is 5.02 Å². The molecular formula is C18H20BrClN2O2. The lowest BCUT2D eigenvalue weighted by Crippen LogP contribution is -2.30. The van der Waals surface area contributed by atoms with Crippen molar-refractivity contribution in [2.75, 3.05) is 19.0 Å². The highest BCUT2D eigenvalue weighted by molar-refractivity contribution is 9.10. The Labute approximate surface area is 155 Å². The maximum atomic E-state index is 12.2. The van der Waals surface area contributed by atoms with Crippen LogP contribution in [0.15, 0.2) is 40.9 Å². The lowest BCUT2D eigenvalue weighted by atomic mass is 10.1. The molecule has 0 fully saturated rings. The van der Waals surface area contributed by atoms with E-state index in [0.717, 1.165) is 15.6 Å². The summed E-state index contributed by atoms with van der Waals surface area (Å²) in [7, 11) is 1.55. The second-order valence-electron chi connectivity index (χ2n) is 5.50. The van der Waals surface area contributed by atoms with Crippen LogP contribution in [0, 0.1) is 6.92 Å². The Morgan fingerprint density at radius 3 is 2.58 bits per heavy atom. The zero-order chi connectivity index (χ0) is 17.7. The summed E-state index contributed by atoms with van der Waals surface area (Å²) in [4.78, 5) is 12.2. The Balaban J connectivity index is 1.96. The molecule has 0 aliphatic heterocycles. The molecule has 24 heavy (non-hydrogen) atoms. The fraction of sp³-hybridized carbons (Fsp3) is 0.278. The number of carbonyl (C=O) groups is 1. The van der Waals surface area contributed by atoms with Gasteiger partial charge in [-0.3, -0.25) is 4.79 Å². The van der Waals surface area contributed by atoms with Gasteiger partial charge in [-0.25, -0.2) is 0 Å². The number of aryl methyl sites for hydroxylation is 1. The van der Waals surface area contributed by atoms with Gasteiger partial charge < -0.3 is 15.4 Å². The molecule has 2 aromatic rings. The fourth-order valence-electron chi connectivity index (χ4n) is 2.24. The highest BCUT2D eigenvalue weighted by atomic mass is 79.9. The van der Waals surface area contributed by atoms with E-state index in [1.165, 1.54) is 0 Å². The zero-order valence-corrected chi connectivity index (χ0v) is 16.2. The predicted molar refractivity (Wildman–Crippen MR) is 102 cm³/mol. The minimum atomic E-state index is -0.140. The zero-order valence-electron chi connectivity index (χ0n) is 13.8. The van der Waals surface area contributed by atoms with Crippen molar-refractivity contribution in [3.05, 3.63) is 57.0 Å². The maximum Gasteiger partial charge on any atom is 0.238 e. The molecular weight excluding hydrogens is 392 g/mol. The van der Waals surface area contributed by atoms with Gasteiger partial charge in [-0.2, -0.15) is 0 Å². The molecule has 1 atom stereocenters. The van der Waals surface area contributed by atoms with E-state index < -0.39 is 0 Å². The Kier molecular flexibility index (Phi) is 6.66. The number of halogens is 2. The van der Waals surface area contributed by atoms with Gasteiger partial charge in [0.1, 0.15) is 5.75 Å². The largest absolute Gasteiger partial charge is 0.495 e. The van der Waals surface area contributed by atoms with E-state index in [1.807, 2.05) is 38.1 Å². The van der Waals surface area contributed by atoms with Crippen LogP contribution in [0.25, 0.3) is 0 Å². The van der Waals surface area contributed by atoms with E-state index in [0.29, 0.717) is 16.5 Å². The first-order valence-corrected chi connectivity index (χ1v) is 8.70. The van der Waals surface area contributed by atoms with Gasteiger partial charge in [0.15, 0.2) is 0 Å². The quantitative estimate of drug-likeness (QED) is 0.724. The molecule has 1 unspecified atom stereocenters. The van der Waals surface area contributed by atoms with E-state index >= 15 is 0 Å². The van der Waals surface area contributed by atoms with Crippen molar-refractivity contribution in [1.29, 1.82) is 0 Å². The summed E-state index contributed by atoms with van der Waals surface area (Å²) in [5.41, 5.74) is 2.61. The van der Waals surface area contributed by atoms with Crippen LogP contribution in [-0.2, 0) is 4.79 Å². The van der Waals surface area contributed by atoms with Gasteiger partial charge in [0, 0.05) is 21.6 Å². The number of nitrogens with one attached hydrogen (secondary N) is 2. The number of methoxy groups -OCH3 is 1. The van der Waals surface area contributed by atoms with Gasteiger partial charge in [-0.05, 0) is 43.2 Å². The average molecular weight is 412 g/mol. The molecule has 0 saturated carbocycles. The van der Waals surface area contributed by atoms with Crippen LogP contribution < -0.4 is 15.4 Å². The molecule has 2 rings (SSSR count). The van der Waals surface area contributed by atoms with Crippen LogP contribution in [0.3, 0.4) is 0 Å². The number of hydrogen-bond acceptors (Lipinski definition) is 3. The SMILES string of the molecule is COc1cc(Cl)c(C)cc1NC(=O)CNC(C)c1ccc(Br)cc1. The number of carbonyl (C=O) groups excluding carboxylic acids is 1. The fourth-order valence-corrected chi connectivity index (χ4v) is 2.66. The summed E-state index contributed by atoms with van der Waals surface area (Å²) in [6.45, 7) is 4.09. The highest BCUT2D eigenvalue weighted by Gasteiger charge is 2.12. The third-order valence-corrected chi connectivity index (χ3v) is 4.63. The molecule has 128 valence electrons. The standard InChI is InChI=1S/C18H20BrClN2O2/c1-11-8-16(17(24-3)9-15(11)20)22-18(23)10-21-12(2)13-4-6-14(19)7-5-13/h4-9,12,21H,10H2,1-3H3,(H,22,23). The molecule has 0 saturated heterocycles. The number of rotatable bonds is 6. The van der Waals surface area contributed by atoms with Crippen LogP contribution in [-0.4, -0.2) is 19.6 Å². The minimum Gasteiger partial charge on any atom is -0.495 e. The van der Waals surface area contributed by atoms with Gasteiger partial charge in [0.2, 0.25) is 5.91 Å². The molecule has 0 aliphatic carbocycles. The number of benzene rings is 2. The first kappa shape index (κ1) is 18.8. The van der Waals surface area contributed by atoms with E-state index in [9.17, 15) is 4.79 Å². The molecule has 0 spiro atoms. The molecule has 4 nitrogen and oxygen atoms in total. The summed E-state index contributed by atoms with van der Waals surface area (Å²) in [6, 6.07) is 11.6. The lowest BCUT2D eigenvalue weighted by Gasteiger charge is -2.16. The Morgan fingerprint density at radius 1 is 1.29 bits per heavy atom. The molecule has 0 radical (unpaired) electrons. The normalized spacial score (nSPS) is 11.9. The minimum absolute atomic E-state index is 0.0673. The van der Waals surface area contributed by atoms with Gasteiger partial charge in [-0.15, -0.1) is 0 Å². The van der Waals surface area contributed by atoms with Crippen molar-refractivity contribution in [1.82, 2.24) is 5.32 Å². The van der Waals surface area contributed by atoms with E-state index in [4.69, 9.17) is 16.3 Å². The van der Waals surface area contributed by atoms with E-state index in [-0.39, 0.29) is 18.5 Å². The van der Waals surface area contributed by atoms with Crippen molar-refractivity contribution in [2.24, 2.45) is 0 Å². The Bertz CT molecular complexity index is 720. The second kappa shape index (κ2) is 8.51. The average Bonchev–Trinajstić information content (AvgIpc) is 2.56. The summed E-state index contributed by atoms with van der Waals surface area (Å²) < 4.78 is 6.29. The molecule has 2 N–H and O–H groups in total. The van der Waals surface area contributed by atoms with Gasteiger partial charge >= 0.3 is 0 Å². The van der Waals surface area contributed by atoms with Crippen molar-refractivity contribution in [3.8, 4) is 5.75 Å². The maximum absolute atomic E-state index is 12.2. The third kappa shape index (κ3) is 4.97. The number of hydrogen-bond donors (Lipinski definition) is 2. The number of amides is 1. The van der Waals surface area contributed by atoms with Gasteiger partial charge in [-0.1, -0.05) is 39.7 Å². The van der Waals surface area contributed by atoms with Crippen molar-refractivity contribution < 1.29 is 9.53 Å². The molecule has 0 aliphatic rings. The smallest absolute Gasteiger partial charge is 0.238 e. The molecule has 0 heterocycles. The number of ether oxygens (including phenoxy) is 1. The summed E-state index contributed by atoms with van der Waals surface area (Å²) >= 11 is 9.49. The molecule has 1 amide bonds. The highest BCUT2D eigenvalue weighted by Crippen LogP contribution is 2.30. The first-order valence-electron chi connectivity index (χ1n) is 7.53. The Morgan fingerprint density at radius 2 is 1.96 bits per heavy atom. The van der Waals surface area contributed by atoms with Crippen molar-refractivity contribution in [2.45, 2.75) is 19.9 Å². The van der Waals surface area contributed by atoms with Gasteiger partial charge in [0.05, 0.1) is 19.3 Å². The summed E-state index contributed by atoms with van der Waals surface area (Å²) in [5, 5.41) is 6.66. The lowest BCUT2D eigenvalue weighted by molar-refractivity contribution is -0.115. The Hall–Kier alpha value is -1.56. The molecule has 0 bridgehead atoms. The van der Waals surface area contributed by atoms with Crippen LogP contribution in [0.1, 0.15) is 24.1 Å². The van der Waals surface area contributed by atoms with E-state index in [2.05, 4.69) is 26.6 Å².